The molecule has 0 fully saturated rings. The monoisotopic (exact) mass is 386 g/mol. The first-order valence-corrected chi connectivity index (χ1v) is 9.34. The van der Waals surface area contributed by atoms with Gasteiger partial charge in [0.2, 0.25) is 11.8 Å². The second-order valence-electron chi connectivity index (χ2n) is 6.99. The second-order valence-corrected chi connectivity index (χ2v) is 6.99. The topological polar surface area (TPSA) is 58.6 Å². The van der Waals surface area contributed by atoms with Gasteiger partial charge in [-0.2, -0.15) is 0 Å². The summed E-state index contributed by atoms with van der Waals surface area (Å²) in [4.78, 5) is 26.6. The number of carbonyl (C=O) groups excluding carboxylic acids is 2. The molecule has 0 spiro atoms. The molecule has 0 aromatic heterocycles. The van der Waals surface area contributed by atoms with Gasteiger partial charge in [0.15, 0.2) is 11.6 Å². The minimum atomic E-state index is -0.630. The highest BCUT2D eigenvalue weighted by Crippen LogP contribution is 2.15. The quantitative estimate of drug-likeness (QED) is 0.721. The third-order valence-electron chi connectivity index (χ3n) is 4.35. The molecule has 2 amide bonds. The van der Waals surface area contributed by atoms with E-state index in [-0.39, 0.29) is 43.1 Å². The van der Waals surface area contributed by atoms with Crippen molar-refractivity contribution in [3.8, 4) is 5.75 Å². The summed E-state index contributed by atoms with van der Waals surface area (Å²) in [6, 6.07) is 14.9. The molecule has 0 aliphatic heterocycles. The van der Waals surface area contributed by atoms with Gasteiger partial charge in [-0.15, -0.1) is 0 Å². The lowest BCUT2D eigenvalue weighted by Crippen LogP contribution is -2.51. The molecule has 0 saturated heterocycles. The van der Waals surface area contributed by atoms with Crippen LogP contribution in [-0.2, 0) is 16.0 Å². The molecule has 0 bridgehead atoms. The Labute approximate surface area is 165 Å². The van der Waals surface area contributed by atoms with E-state index in [1.807, 2.05) is 44.2 Å². The first-order chi connectivity index (χ1) is 13.4. The van der Waals surface area contributed by atoms with E-state index in [2.05, 4.69) is 5.32 Å². The fourth-order valence-electron chi connectivity index (χ4n) is 2.72. The van der Waals surface area contributed by atoms with E-state index in [1.165, 1.54) is 17.0 Å². The van der Waals surface area contributed by atoms with Crippen LogP contribution >= 0.6 is 0 Å². The Kier molecular flexibility index (Phi) is 7.99. The standard InChI is InChI=1S/C22H27FN2O3/c1-16(2)21(24-20(26)15-17-9-5-4-6-10-17)22(27)25(3)13-14-28-19-12-8-7-11-18(19)23/h4-12,16,21H,13-15H2,1-3H3,(H,24,26)/t21-/m0/s1. The van der Waals surface area contributed by atoms with Crippen LogP contribution in [0.2, 0.25) is 0 Å². The third kappa shape index (κ3) is 6.37. The number of likely N-dealkylation sites (N-methyl/N-ethyl adjacent to an activating group) is 1. The normalized spacial score (nSPS) is 11.8. The molecule has 1 N–H and O–H groups in total. The van der Waals surface area contributed by atoms with Crippen molar-refractivity contribution in [2.24, 2.45) is 5.92 Å². The molecule has 2 rings (SSSR count). The van der Waals surface area contributed by atoms with Gasteiger partial charge in [-0.05, 0) is 23.6 Å². The van der Waals surface area contributed by atoms with Gasteiger partial charge >= 0.3 is 0 Å². The molecule has 150 valence electrons. The lowest BCUT2D eigenvalue weighted by molar-refractivity contribution is -0.136. The number of rotatable bonds is 9. The van der Waals surface area contributed by atoms with Crippen molar-refractivity contribution in [2.75, 3.05) is 20.2 Å². The first kappa shape index (κ1) is 21.4. The summed E-state index contributed by atoms with van der Waals surface area (Å²) in [5, 5.41) is 2.83. The van der Waals surface area contributed by atoms with E-state index in [1.54, 1.807) is 19.2 Å². The van der Waals surface area contributed by atoms with E-state index in [0.29, 0.717) is 0 Å². The first-order valence-electron chi connectivity index (χ1n) is 9.34. The van der Waals surface area contributed by atoms with Crippen LogP contribution in [0.5, 0.6) is 5.75 Å². The van der Waals surface area contributed by atoms with Gasteiger partial charge < -0.3 is 15.0 Å². The second kappa shape index (κ2) is 10.4. The predicted molar refractivity (Wildman–Crippen MR) is 106 cm³/mol. The van der Waals surface area contributed by atoms with Gasteiger partial charge in [0, 0.05) is 7.05 Å². The summed E-state index contributed by atoms with van der Waals surface area (Å²) in [5.41, 5.74) is 0.890. The van der Waals surface area contributed by atoms with Crippen molar-refractivity contribution in [2.45, 2.75) is 26.3 Å². The maximum absolute atomic E-state index is 13.6. The van der Waals surface area contributed by atoms with Crippen LogP contribution < -0.4 is 10.1 Å². The summed E-state index contributed by atoms with van der Waals surface area (Å²) >= 11 is 0. The van der Waals surface area contributed by atoms with Crippen LogP contribution in [0.3, 0.4) is 0 Å². The van der Waals surface area contributed by atoms with E-state index in [4.69, 9.17) is 4.74 Å². The number of benzene rings is 2. The maximum atomic E-state index is 13.6. The van der Waals surface area contributed by atoms with E-state index >= 15 is 0 Å². The van der Waals surface area contributed by atoms with Crippen molar-refractivity contribution in [1.29, 1.82) is 0 Å². The van der Waals surface area contributed by atoms with Gasteiger partial charge in [0.1, 0.15) is 12.6 Å². The highest BCUT2D eigenvalue weighted by molar-refractivity contribution is 5.88. The van der Waals surface area contributed by atoms with Gasteiger partial charge in [-0.25, -0.2) is 4.39 Å². The van der Waals surface area contributed by atoms with Crippen LogP contribution in [0.1, 0.15) is 19.4 Å². The Morgan fingerprint density at radius 2 is 1.71 bits per heavy atom. The van der Waals surface area contributed by atoms with Crippen molar-refractivity contribution >= 4 is 11.8 Å². The van der Waals surface area contributed by atoms with Crippen molar-refractivity contribution in [3.05, 3.63) is 66.0 Å². The maximum Gasteiger partial charge on any atom is 0.245 e. The molecular formula is C22H27FN2O3. The zero-order valence-electron chi connectivity index (χ0n) is 16.5. The molecule has 0 saturated carbocycles. The Morgan fingerprint density at radius 1 is 1.07 bits per heavy atom. The number of ether oxygens (including phenoxy) is 1. The van der Waals surface area contributed by atoms with Crippen LogP contribution in [0.25, 0.3) is 0 Å². The zero-order valence-corrected chi connectivity index (χ0v) is 16.5. The fraction of sp³-hybridized carbons (Fsp3) is 0.364. The van der Waals surface area contributed by atoms with Crippen LogP contribution in [0.4, 0.5) is 4.39 Å². The Hall–Kier alpha value is -2.89. The molecule has 0 aliphatic rings. The largest absolute Gasteiger partial charge is 0.489 e. The number of halogens is 1. The molecule has 1 atom stereocenters. The molecule has 0 heterocycles. The van der Waals surface area contributed by atoms with Crippen LogP contribution in [0.15, 0.2) is 54.6 Å². The average molecular weight is 386 g/mol. The molecule has 0 unspecified atom stereocenters. The minimum absolute atomic E-state index is 0.0674. The summed E-state index contributed by atoms with van der Waals surface area (Å²) in [7, 11) is 1.64. The lowest BCUT2D eigenvalue weighted by atomic mass is 10.0. The summed E-state index contributed by atoms with van der Waals surface area (Å²) in [6.45, 7) is 4.21. The predicted octanol–water partition coefficient (Wildman–Crippen LogP) is 3.05. The summed E-state index contributed by atoms with van der Waals surface area (Å²) in [6.07, 6.45) is 0.220. The average Bonchev–Trinajstić information content (AvgIpc) is 2.67. The Balaban J connectivity index is 1.88. The van der Waals surface area contributed by atoms with Crippen LogP contribution in [-0.4, -0.2) is 43.0 Å². The summed E-state index contributed by atoms with van der Waals surface area (Å²) < 4.78 is 19.0. The van der Waals surface area contributed by atoms with Crippen LogP contribution in [0, 0.1) is 11.7 Å². The third-order valence-corrected chi connectivity index (χ3v) is 4.35. The van der Waals surface area contributed by atoms with Gasteiger partial charge in [0.05, 0.1) is 13.0 Å². The number of nitrogens with one attached hydrogen (secondary N) is 1. The van der Waals surface area contributed by atoms with Gasteiger partial charge in [-0.1, -0.05) is 56.3 Å². The highest BCUT2D eigenvalue weighted by atomic mass is 19.1. The lowest BCUT2D eigenvalue weighted by Gasteiger charge is -2.27. The SMILES string of the molecule is CC(C)[C@H](NC(=O)Cc1ccccc1)C(=O)N(C)CCOc1ccccc1F. The van der Waals surface area contributed by atoms with Gasteiger partial charge in [0.25, 0.3) is 0 Å². The number of amides is 2. The molecule has 2 aromatic rings. The number of carbonyl (C=O) groups is 2. The molecule has 0 radical (unpaired) electrons. The van der Waals surface area contributed by atoms with E-state index in [0.717, 1.165) is 5.56 Å². The van der Waals surface area contributed by atoms with Gasteiger partial charge in [-0.3, -0.25) is 9.59 Å². The Morgan fingerprint density at radius 3 is 2.36 bits per heavy atom. The molecule has 5 nitrogen and oxygen atoms in total. The number of hydrogen-bond acceptors (Lipinski definition) is 3. The smallest absolute Gasteiger partial charge is 0.245 e. The fourth-order valence-corrected chi connectivity index (χ4v) is 2.72. The van der Waals surface area contributed by atoms with E-state index < -0.39 is 11.9 Å². The van der Waals surface area contributed by atoms with Crippen molar-refractivity contribution < 1.29 is 18.7 Å². The zero-order chi connectivity index (χ0) is 20.5. The summed E-state index contributed by atoms with van der Waals surface area (Å²) in [5.74, 6) is -0.755. The Bertz CT molecular complexity index is 780. The molecule has 28 heavy (non-hydrogen) atoms. The molecule has 6 heteroatoms. The van der Waals surface area contributed by atoms with Crippen molar-refractivity contribution in [1.82, 2.24) is 10.2 Å². The minimum Gasteiger partial charge on any atom is -0.489 e. The van der Waals surface area contributed by atoms with E-state index in [9.17, 15) is 14.0 Å². The molecule has 2 aromatic carbocycles. The number of para-hydroxylation sites is 1. The van der Waals surface area contributed by atoms with Crippen molar-refractivity contribution in [3.63, 3.8) is 0 Å². The highest BCUT2D eigenvalue weighted by Gasteiger charge is 2.26. The molecular weight excluding hydrogens is 359 g/mol. The number of nitrogens with zero attached hydrogens (tertiary/aromatic N) is 1. The molecule has 0 aliphatic carbocycles. The number of hydrogen-bond donors (Lipinski definition) is 1.